The van der Waals surface area contributed by atoms with Gasteiger partial charge in [0.2, 0.25) is 11.7 Å². The summed E-state index contributed by atoms with van der Waals surface area (Å²) in [7, 11) is 0. The van der Waals surface area contributed by atoms with Crippen LogP contribution < -0.4 is 0 Å². The third kappa shape index (κ3) is 2.31. The Bertz CT molecular complexity index is 590. The Morgan fingerprint density at radius 2 is 2.06 bits per heavy atom. The standard InChI is InChI=1S/C13H12BrNO3/c1-7(2)10-11(13(16)17)18-12(15-10)8-5-3-4-6-9(8)14/h3-7H,1-2H3,(H,16,17). The van der Waals surface area contributed by atoms with Crippen LogP contribution >= 0.6 is 15.9 Å². The van der Waals surface area contributed by atoms with Crippen molar-refractivity contribution in [1.29, 1.82) is 0 Å². The Labute approximate surface area is 113 Å². The van der Waals surface area contributed by atoms with Crippen LogP contribution in [0.2, 0.25) is 0 Å². The fourth-order valence-corrected chi connectivity index (χ4v) is 2.08. The number of rotatable bonds is 3. The molecule has 0 aliphatic rings. The molecule has 1 aromatic carbocycles. The van der Waals surface area contributed by atoms with Crippen molar-refractivity contribution >= 4 is 21.9 Å². The molecule has 0 radical (unpaired) electrons. The zero-order valence-electron chi connectivity index (χ0n) is 9.98. The van der Waals surface area contributed by atoms with E-state index in [0.717, 1.165) is 10.0 Å². The van der Waals surface area contributed by atoms with Crippen LogP contribution in [-0.4, -0.2) is 16.1 Å². The lowest BCUT2D eigenvalue weighted by Crippen LogP contribution is -2.01. The van der Waals surface area contributed by atoms with Gasteiger partial charge in [0.05, 0.1) is 11.3 Å². The third-order valence-corrected chi connectivity index (χ3v) is 3.19. The van der Waals surface area contributed by atoms with E-state index in [-0.39, 0.29) is 11.7 Å². The van der Waals surface area contributed by atoms with Gasteiger partial charge in [0.25, 0.3) is 0 Å². The SMILES string of the molecule is CC(C)c1nc(-c2ccccc2Br)oc1C(=O)O. The molecule has 0 bridgehead atoms. The lowest BCUT2D eigenvalue weighted by molar-refractivity contribution is 0.0661. The van der Waals surface area contributed by atoms with E-state index in [1.807, 2.05) is 38.1 Å². The maximum absolute atomic E-state index is 11.1. The van der Waals surface area contributed by atoms with Gasteiger partial charge in [-0.25, -0.2) is 9.78 Å². The molecule has 1 aromatic heterocycles. The molecule has 0 saturated heterocycles. The van der Waals surface area contributed by atoms with Gasteiger partial charge < -0.3 is 9.52 Å². The minimum Gasteiger partial charge on any atom is -0.475 e. The van der Waals surface area contributed by atoms with E-state index >= 15 is 0 Å². The van der Waals surface area contributed by atoms with Gasteiger partial charge in [-0.2, -0.15) is 0 Å². The normalized spacial score (nSPS) is 10.9. The molecule has 0 aliphatic carbocycles. The second kappa shape index (κ2) is 4.94. The van der Waals surface area contributed by atoms with Crippen LogP contribution in [0.25, 0.3) is 11.5 Å². The number of carboxylic acid groups (broad SMARTS) is 1. The first-order chi connectivity index (χ1) is 8.50. The van der Waals surface area contributed by atoms with Gasteiger partial charge in [-0.05, 0) is 34.0 Å². The maximum Gasteiger partial charge on any atom is 0.373 e. The minimum atomic E-state index is -1.09. The molecule has 0 fully saturated rings. The topological polar surface area (TPSA) is 63.3 Å². The van der Waals surface area contributed by atoms with Crippen LogP contribution in [0.4, 0.5) is 0 Å². The summed E-state index contributed by atoms with van der Waals surface area (Å²) >= 11 is 3.39. The number of benzene rings is 1. The molecule has 2 aromatic rings. The lowest BCUT2D eigenvalue weighted by Gasteiger charge is -1.98. The summed E-state index contributed by atoms with van der Waals surface area (Å²) in [5.74, 6) is -0.861. The number of carboxylic acids is 1. The molecule has 5 heteroatoms. The molecule has 1 heterocycles. The van der Waals surface area contributed by atoms with Gasteiger partial charge in [-0.15, -0.1) is 0 Å². The summed E-state index contributed by atoms with van der Waals surface area (Å²) in [6.45, 7) is 3.77. The molecule has 0 saturated carbocycles. The zero-order valence-corrected chi connectivity index (χ0v) is 11.6. The smallest absolute Gasteiger partial charge is 0.373 e. The molecule has 18 heavy (non-hydrogen) atoms. The number of aromatic carboxylic acids is 1. The highest BCUT2D eigenvalue weighted by atomic mass is 79.9. The molecule has 1 N–H and O–H groups in total. The molecular weight excluding hydrogens is 298 g/mol. The van der Waals surface area contributed by atoms with Crippen molar-refractivity contribution < 1.29 is 14.3 Å². The van der Waals surface area contributed by atoms with Gasteiger partial charge in [-0.1, -0.05) is 26.0 Å². The van der Waals surface area contributed by atoms with E-state index in [1.165, 1.54) is 0 Å². The quantitative estimate of drug-likeness (QED) is 0.933. The summed E-state index contributed by atoms with van der Waals surface area (Å²) in [5.41, 5.74) is 1.21. The molecule has 0 spiro atoms. The zero-order chi connectivity index (χ0) is 13.3. The van der Waals surface area contributed by atoms with Gasteiger partial charge in [0.1, 0.15) is 0 Å². The molecule has 2 rings (SSSR count). The molecule has 0 unspecified atom stereocenters. The summed E-state index contributed by atoms with van der Waals surface area (Å²) < 4.78 is 6.18. The largest absolute Gasteiger partial charge is 0.475 e. The van der Waals surface area contributed by atoms with Crippen LogP contribution in [0.3, 0.4) is 0 Å². The molecule has 0 atom stereocenters. The first kappa shape index (κ1) is 12.8. The Morgan fingerprint density at radius 1 is 1.39 bits per heavy atom. The van der Waals surface area contributed by atoms with Crippen molar-refractivity contribution in [3.8, 4) is 11.5 Å². The van der Waals surface area contributed by atoms with Gasteiger partial charge in [0.15, 0.2) is 0 Å². The number of oxazole rings is 1. The van der Waals surface area contributed by atoms with Crippen LogP contribution in [0, 0.1) is 0 Å². The number of aromatic nitrogens is 1. The second-order valence-corrected chi connectivity index (χ2v) is 5.03. The van der Waals surface area contributed by atoms with Crippen molar-refractivity contribution in [2.24, 2.45) is 0 Å². The van der Waals surface area contributed by atoms with E-state index in [9.17, 15) is 4.79 Å². The van der Waals surface area contributed by atoms with E-state index in [4.69, 9.17) is 9.52 Å². The van der Waals surface area contributed by atoms with Crippen LogP contribution in [0.5, 0.6) is 0 Å². The average molecular weight is 310 g/mol. The second-order valence-electron chi connectivity index (χ2n) is 4.17. The Hall–Kier alpha value is -1.62. The third-order valence-electron chi connectivity index (χ3n) is 2.50. The highest BCUT2D eigenvalue weighted by Crippen LogP contribution is 2.31. The van der Waals surface area contributed by atoms with Crippen LogP contribution in [-0.2, 0) is 0 Å². The number of carbonyl (C=O) groups is 1. The summed E-state index contributed by atoms with van der Waals surface area (Å²) in [5, 5.41) is 9.10. The number of hydrogen-bond acceptors (Lipinski definition) is 3. The number of nitrogens with zero attached hydrogens (tertiary/aromatic N) is 1. The predicted molar refractivity (Wildman–Crippen MR) is 70.7 cm³/mol. The predicted octanol–water partition coefficient (Wildman–Crippen LogP) is 3.93. The minimum absolute atomic E-state index is 0.00362. The van der Waals surface area contributed by atoms with E-state index in [0.29, 0.717) is 11.6 Å². The number of hydrogen-bond donors (Lipinski definition) is 1. The van der Waals surface area contributed by atoms with Gasteiger partial charge >= 0.3 is 5.97 Å². The monoisotopic (exact) mass is 309 g/mol. The molecule has 94 valence electrons. The highest BCUT2D eigenvalue weighted by Gasteiger charge is 2.23. The highest BCUT2D eigenvalue weighted by molar-refractivity contribution is 9.10. The van der Waals surface area contributed by atoms with Crippen molar-refractivity contribution in [3.63, 3.8) is 0 Å². The number of halogens is 1. The Balaban J connectivity index is 2.57. The van der Waals surface area contributed by atoms with E-state index in [1.54, 1.807) is 0 Å². The lowest BCUT2D eigenvalue weighted by atomic mass is 10.1. The van der Waals surface area contributed by atoms with Crippen LogP contribution in [0.1, 0.15) is 36.0 Å². The summed E-state index contributed by atoms with van der Waals surface area (Å²) in [6, 6.07) is 7.40. The van der Waals surface area contributed by atoms with Crippen molar-refractivity contribution in [2.75, 3.05) is 0 Å². The van der Waals surface area contributed by atoms with E-state index in [2.05, 4.69) is 20.9 Å². The van der Waals surface area contributed by atoms with Crippen LogP contribution in [0.15, 0.2) is 33.2 Å². The van der Waals surface area contributed by atoms with Crippen molar-refractivity contribution in [1.82, 2.24) is 4.98 Å². The molecule has 0 aliphatic heterocycles. The molecular formula is C13H12BrNO3. The summed E-state index contributed by atoms with van der Waals surface area (Å²) in [6.07, 6.45) is 0. The van der Waals surface area contributed by atoms with E-state index < -0.39 is 5.97 Å². The fourth-order valence-electron chi connectivity index (χ4n) is 1.63. The molecule has 0 amide bonds. The first-order valence-corrected chi connectivity index (χ1v) is 6.29. The maximum atomic E-state index is 11.1. The summed E-state index contributed by atoms with van der Waals surface area (Å²) in [4.78, 5) is 15.4. The van der Waals surface area contributed by atoms with Crippen molar-refractivity contribution in [2.45, 2.75) is 19.8 Å². The Kier molecular flexibility index (Phi) is 3.52. The average Bonchev–Trinajstić information content (AvgIpc) is 2.74. The first-order valence-electron chi connectivity index (χ1n) is 5.49. The fraction of sp³-hybridized carbons (Fsp3) is 0.231. The molecule has 4 nitrogen and oxygen atoms in total. The Morgan fingerprint density at radius 3 is 2.56 bits per heavy atom. The van der Waals surface area contributed by atoms with Crippen molar-refractivity contribution in [3.05, 3.63) is 40.2 Å². The van der Waals surface area contributed by atoms with Gasteiger partial charge in [0, 0.05) is 4.47 Å². The van der Waals surface area contributed by atoms with Gasteiger partial charge in [-0.3, -0.25) is 0 Å².